The van der Waals surface area contributed by atoms with Crippen LogP contribution >= 0.6 is 11.8 Å². The summed E-state index contributed by atoms with van der Waals surface area (Å²) in [4.78, 5) is 32.4. The second kappa shape index (κ2) is 14.1. The van der Waals surface area contributed by atoms with Crippen molar-refractivity contribution in [2.75, 3.05) is 12.3 Å². The minimum Gasteiger partial charge on any atom is -0.508 e. The summed E-state index contributed by atoms with van der Waals surface area (Å²) in [6.45, 7) is 5.50. The quantitative estimate of drug-likeness (QED) is 0.186. The van der Waals surface area contributed by atoms with E-state index in [0.717, 1.165) is 21.7 Å². The molecule has 0 saturated heterocycles. The van der Waals surface area contributed by atoms with Crippen molar-refractivity contribution in [1.82, 2.24) is 15.2 Å². The number of oxazole rings is 1. The highest BCUT2D eigenvalue weighted by Crippen LogP contribution is 2.21. The number of benzene rings is 3. The number of urea groups is 1. The normalized spacial score (nSPS) is 12.2. The number of aromatic hydroxyl groups is 1. The Labute approximate surface area is 245 Å². The van der Waals surface area contributed by atoms with E-state index in [9.17, 15) is 14.7 Å². The molecule has 4 rings (SSSR count). The zero-order chi connectivity index (χ0) is 29.2. The first-order chi connectivity index (χ1) is 19.7. The van der Waals surface area contributed by atoms with Gasteiger partial charge in [-0.25, -0.2) is 19.5 Å². The Morgan fingerprint density at radius 2 is 1.73 bits per heavy atom. The lowest BCUT2D eigenvalue weighted by Gasteiger charge is -2.28. The van der Waals surface area contributed by atoms with Crippen LogP contribution in [-0.4, -0.2) is 51.1 Å². The number of phenolic OH excluding ortho intramolecular Hbond substituents is 1. The van der Waals surface area contributed by atoms with Gasteiger partial charge in [0.15, 0.2) is 11.5 Å². The number of thioether (sulfide) groups is 1. The number of aryl methyl sites for hydroxylation is 1. The molecule has 9 heteroatoms. The van der Waals surface area contributed by atoms with Crippen LogP contribution in [0.1, 0.15) is 44.2 Å². The van der Waals surface area contributed by atoms with Gasteiger partial charge in [-0.3, -0.25) is 0 Å². The first kappa shape index (κ1) is 30.0. The number of ether oxygens (including phenoxy) is 1. The van der Waals surface area contributed by atoms with E-state index in [1.54, 1.807) is 44.7 Å². The van der Waals surface area contributed by atoms with Crippen LogP contribution in [-0.2, 0) is 23.3 Å². The lowest BCUT2D eigenvalue weighted by atomic mass is 10.0. The Morgan fingerprint density at radius 1 is 1.02 bits per heavy atom. The lowest BCUT2D eigenvalue weighted by Crippen LogP contribution is -2.50. The second-order valence-corrected chi connectivity index (χ2v) is 11.9. The minimum absolute atomic E-state index is 0.188. The molecule has 1 aromatic heterocycles. The molecule has 41 heavy (non-hydrogen) atoms. The number of carbonyl (C=O) groups is 2. The average Bonchev–Trinajstić information content (AvgIpc) is 3.34. The molecule has 0 aliphatic heterocycles. The molecule has 8 nitrogen and oxygen atoms in total. The zero-order valence-electron chi connectivity index (χ0n) is 23.7. The number of amides is 3. The van der Waals surface area contributed by atoms with Crippen molar-refractivity contribution in [1.29, 1.82) is 0 Å². The maximum atomic E-state index is 13.6. The maximum absolute atomic E-state index is 13.6. The standard InChI is InChI=1S/C32H37N3O5S/c1-32(2,3)40-31(38)35(19-20-41-22-23-11-5-4-6-12-23)30(37)33-25(18-17-24-13-7-9-15-27(24)36)21-29-34-26-14-8-10-16-28(26)39-29/h4-16,25,36H,17-22H2,1-3H3,(H,33,37)/t25-/m1/s1. The first-order valence-corrected chi connectivity index (χ1v) is 14.9. The van der Waals surface area contributed by atoms with Gasteiger partial charge >= 0.3 is 12.1 Å². The van der Waals surface area contributed by atoms with Crippen LogP contribution in [0.4, 0.5) is 9.59 Å². The summed E-state index contributed by atoms with van der Waals surface area (Å²) >= 11 is 1.64. The third-order valence-electron chi connectivity index (χ3n) is 6.27. The molecule has 2 N–H and O–H groups in total. The Hall–Kier alpha value is -3.98. The molecule has 0 saturated carbocycles. The highest BCUT2D eigenvalue weighted by Gasteiger charge is 2.29. The Morgan fingerprint density at radius 3 is 2.46 bits per heavy atom. The van der Waals surface area contributed by atoms with E-state index in [1.807, 2.05) is 66.7 Å². The van der Waals surface area contributed by atoms with Crippen molar-refractivity contribution < 1.29 is 23.8 Å². The van der Waals surface area contributed by atoms with E-state index >= 15 is 0 Å². The van der Waals surface area contributed by atoms with Crippen molar-refractivity contribution >= 4 is 35.0 Å². The Bertz CT molecular complexity index is 1400. The fourth-order valence-corrected chi connectivity index (χ4v) is 5.14. The smallest absolute Gasteiger partial charge is 0.418 e. The SMILES string of the molecule is CC(C)(C)OC(=O)N(CCSCc1ccccc1)C(=O)N[C@H](CCc1ccccc1O)Cc1nc2ccccc2o1. The minimum atomic E-state index is -0.755. The highest BCUT2D eigenvalue weighted by molar-refractivity contribution is 7.98. The summed E-state index contributed by atoms with van der Waals surface area (Å²) in [6, 6.07) is 23.7. The summed E-state index contributed by atoms with van der Waals surface area (Å²) in [7, 11) is 0. The molecule has 0 radical (unpaired) electrons. The number of carbonyl (C=O) groups excluding carboxylic acids is 2. The van der Waals surface area contributed by atoms with Crippen molar-refractivity contribution in [3.8, 4) is 5.75 Å². The predicted molar refractivity (Wildman–Crippen MR) is 162 cm³/mol. The topological polar surface area (TPSA) is 105 Å². The average molecular weight is 576 g/mol. The Kier molecular flexibility index (Phi) is 10.3. The number of aromatic nitrogens is 1. The molecule has 3 aromatic carbocycles. The van der Waals surface area contributed by atoms with Crippen molar-refractivity contribution in [2.45, 2.75) is 57.4 Å². The summed E-state index contributed by atoms with van der Waals surface area (Å²) in [5.74, 6) is 2.00. The summed E-state index contributed by atoms with van der Waals surface area (Å²) in [6.07, 6.45) is 0.625. The van der Waals surface area contributed by atoms with Crippen LogP contribution in [0.25, 0.3) is 11.1 Å². The number of hydrogen-bond acceptors (Lipinski definition) is 7. The molecule has 0 spiro atoms. The molecule has 0 aliphatic carbocycles. The van der Waals surface area contributed by atoms with Crippen LogP contribution in [0, 0.1) is 0 Å². The summed E-state index contributed by atoms with van der Waals surface area (Å²) < 4.78 is 11.5. The third-order valence-corrected chi connectivity index (χ3v) is 7.28. The van der Waals surface area contributed by atoms with Crippen LogP contribution < -0.4 is 5.32 Å². The summed E-state index contributed by atoms with van der Waals surface area (Å²) in [5.41, 5.74) is 2.59. The fourth-order valence-electron chi connectivity index (χ4n) is 4.26. The molecule has 216 valence electrons. The largest absolute Gasteiger partial charge is 0.508 e. The molecule has 0 unspecified atom stereocenters. The van der Waals surface area contributed by atoms with Crippen molar-refractivity contribution in [3.05, 3.63) is 95.9 Å². The van der Waals surface area contributed by atoms with Gasteiger partial charge in [-0.05, 0) is 62.9 Å². The highest BCUT2D eigenvalue weighted by atomic mass is 32.2. The van der Waals surface area contributed by atoms with Gasteiger partial charge in [0.05, 0.1) is 0 Å². The number of hydrogen-bond donors (Lipinski definition) is 2. The molecule has 1 heterocycles. The van der Waals surface area contributed by atoms with Crippen LogP contribution in [0.15, 0.2) is 83.3 Å². The molecule has 0 fully saturated rings. The van der Waals surface area contributed by atoms with Crippen LogP contribution in [0.3, 0.4) is 0 Å². The van der Waals surface area contributed by atoms with E-state index in [1.165, 1.54) is 5.56 Å². The van der Waals surface area contributed by atoms with Crippen LogP contribution in [0.2, 0.25) is 0 Å². The molecule has 4 aromatic rings. The van der Waals surface area contributed by atoms with Crippen molar-refractivity contribution in [3.63, 3.8) is 0 Å². The zero-order valence-corrected chi connectivity index (χ0v) is 24.5. The van der Waals surface area contributed by atoms with Crippen molar-refractivity contribution in [2.24, 2.45) is 0 Å². The number of fused-ring (bicyclic) bond motifs is 1. The van der Waals surface area contributed by atoms with Gasteiger partial charge in [-0.2, -0.15) is 11.8 Å². The molecule has 0 bridgehead atoms. The number of nitrogens with zero attached hydrogens (tertiary/aromatic N) is 2. The van der Waals surface area contributed by atoms with Gasteiger partial charge in [0.2, 0.25) is 0 Å². The lowest BCUT2D eigenvalue weighted by molar-refractivity contribution is 0.0328. The van der Waals surface area contributed by atoms with E-state index < -0.39 is 23.8 Å². The second-order valence-electron chi connectivity index (χ2n) is 10.8. The Balaban J connectivity index is 1.48. The van der Waals surface area contributed by atoms with Gasteiger partial charge in [0.25, 0.3) is 0 Å². The molecule has 1 atom stereocenters. The van der Waals surface area contributed by atoms with E-state index in [4.69, 9.17) is 9.15 Å². The van der Waals surface area contributed by atoms with E-state index in [-0.39, 0.29) is 12.3 Å². The van der Waals surface area contributed by atoms with E-state index in [0.29, 0.717) is 36.5 Å². The fraction of sp³-hybridized carbons (Fsp3) is 0.344. The van der Waals surface area contributed by atoms with E-state index in [2.05, 4.69) is 10.3 Å². The van der Waals surface area contributed by atoms with Gasteiger partial charge in [0, 0.05) is 30.5 Å². The third kappa shape index (κ3) is 9.28. The summed E-state index contributed by atoms with van der Waals surface area (Å²) in [5, 5.41) is 13.3. The van der Waals surface area contributed by atoms with Gasteiger partial charge < -0.3 is 19.6 Å². The number of phenols is 1. The monoisotopic (exact) mass is 575 g/mol. The maximum Gasteiger partial charge on any atom is 0.418 e. The number of para-hydroxylation sites is 3. The molecule has 3 amide bonds. The molecular weight excluding hydrogens is 538 g/mol. The first-order valence-electron chi connectivity index (χ1n) is 13.7. The predicted octanol–water partition coefficient (Wildman–Crippen LogP) is 6.96. The molecule has 0 aliphatic rings. The number of imide groups is 1. The van der Waals surface area contributed by atoms with Gasteiger partial charge in [-0.15, -0.1) is 0 Å². The van der Waals surface area contributed by atoms with Crippen LogP contribution in [0.5, 0.6) is 5.75 Å². The number of nitrogens with one attached hydrogen (secondary N) is 1. The number of rotatable bonds is 11. The van der Waals surface area contributed by atoms with Gasteiger partial charge in [-0.1, -0.05) is 60.7 Å². The van der Waals surface area contributed by atoms with Gasteiger partial charge in [0.1, 0.15) is 16.9 Å². The molecular formula is C32H37N3O5S.